The lowest BCUT2D eigenvalue weighted by molar-refractivity contribution is 0.677. The second kappa shape index (κ2) is 4.68. The van der Waals surface area contributed by atoms with Crippen LogP contribution < -0.4 is 5.73 Å². The Balaban J connectivity index is 2.65. The van der Waals surface area contributed by atoms with E-state index in [1.165, 1.54) is 0 Å². The van der Waals surface area contributed by atoms with Gasteiger partial charge in [-0.1, -0.05) is 0 Å². The van der Waals surface area contributed by atoms with Crippen molar-refractivity contribution in [1.29, 1.82) is 0 Å². The third kappa shape index (κ3) is 2.12. The molecule has 0 spiro atoms. The Morgan fingerprint density at radius 1 is 1.28 bits per heavy atom. The number of hydrogen-bond donors (Lipinski definition) is 1. The van der Waals surface area contributed by atoms with Gasteiger partial charge in [-0.3, -0.25) is 4.21 Å². The fourth-order valence-electron chi connectivity index (χ4n) is 2.17. The van der Waals surface area contributed by atoms with Crippen molar-refractivity contribution in [2.24, 2.45) is 0 Å². The quantitative estimate of drug-likeness (QED) is 0.909. The summed E-state index contributed by atoms with van der Waals surface area (Å²) < 4.78 is 13.3. The summed E-state index contributed by atoms with van der Waals surface area (Å²) in [5.41, 5.74) is 9.03. The highest BCUT2D eigenvalue weighted by molar-refractivity contribution is 7.84. The van der Waals surface area contributed by atoms with Crippen LogP contribution in [-0.2, 0) is 17.3 Å². The lowest BCUT2D eigenvalue weighted by Crippen LogP contribution is -2.09. The molecule has 0 saturated carbocycles. The number of aromatic nitrogens is 3. The van der Waals surface area contributed by atoms with E-state index in [1.807, 2.05) is 20.8 Å². The minimum absolute atomic E-state index is 0.523. The van der Waals surface area contributed by atoms with Crippen molar-refractivity contribution in [3.8, 4) is 0 Å². The molecule has 2 heterocycles. The number of nitrogens with two attached hydrogens (primary N) is 1. The predicted molar refractivity (Wildman–Crippen MR) is 75.1 cm³/mol. The van der Waals surface area contributed by atoms with E-state index in [9.17, 15) is 4.21 Å². The van der Waals surface area contributed by atoms with Gasteiger partial charge in [-0.15, -0.1) is 0 Å². The van der Waals surface area contributed by atoms with E-state index in [4.69, 9.17) is 5.73 Å². The first kappa shape index (κ1) is 13.0. The molecule has 2 aromatic rings. The molecule has 6 heteroatoms. The molecule has 0 amide bonds. The SMILES string of the molecule is Cc1nc(N)c2c(C)c(C)n(CCS(C)=O)c2n1. The van der Waals surface area contributed by atoms with Crippen molar-refractivity contribution < 1.29 is 4.21 Å². The molecular formula is C12H18N4OS. The number of rotatable bonds is 3. The summed E-state index contributed by atoms with van der Waals surface area (Å²) in [6, 6.07) is 0. The van der Waals surface area contributed by atoms with Crippen molar-refractivity contribution in [3.63, 3.8) is 0 Å². The Bertz CT molecular complexity index is 633. The zero-order valence-corrected chi connectivity index (χ0v) is 12.0. The van der Waals surface area contributed by atoms with Crippen molar-refractivity contribution in [2.45, 2.75) is 27.3 Å². The van der Waals surface area contributed by atoms with Crippen LogP contribution in [0.1, 0.15) is 17.1 Å². The largest absolute Gasteiger partial charge is 0.383 e. The summed E-state index contributed by atoms with van der Waals surface area (Å²) in [6.07, 6.45) is 1.71. The van der Waals surface area contributed by atoms with Gasteiger partial charge in [0, 0.05) is 35.0 Å². The van der Waals surface area contributed by atoms with Gasteiger partial charge < -0.3 is 10.3 Å². The van der Waals surface area contributed by atoms with Crippen molar-refractivity contribution >= 4 is 27.7 Å². The van der Waals surface area contributed by atoms with E-state index in [0.29, 0.717) is 23.9 Å². The molecule has 0 bridgehead atoms. The van der Waals surface area contributed by atoms with E-state index in [2.05, 4.69) is 14.5 Å². The molecule has 18 heavy (non-hydrogen) atoms. The molecule has 0 aliphatic rings. The number of hydrogen-bond acceptors (Lipinski definition) is 4. The Kier molecular flexibility index (Phi) is 3.38. The maximum Gasteiger partial charge on any atom is 0.146 e. The highest BCUT2D eigenvalue weighted by Crippen LogP contribution is 2.27. The Hall–Kier alpha value is -1.43. The third-order valence-corrected chi connectivity index (χ3v) is 3.97. The number of nitrogens with zero attached hydrogens (tertiary/aromatic N) is 3. The maximum atomic E-state index is 11.2. The molecule has 5 nitrogen and oxygen atoms in total. The van der Waals surface area contributed by atoms with Gasteiger partial charge in [0.2, 0.25) is 0 Å². The molecule has 2 rings (SSSR count). The van der Waals surface area contributed by atoms with E-state index in [0.717, 1.165) is 22.3 Å². The first-order valence-corrected chi connectivity index (χ1v) is 7.54. The average molecular weight is 266 g/mol. The van der Waals surface area contributed by atoms with Crippen LogP contribution in [0.15, 0.2) is 0 Å². The predicted octanol–water partition coefficient (Wildman–Crippen LogP) is 1.32. The first-order chi connectivity index (χ1) is 8.41. The Morgan fingerprint density at radius 2 is 1.94 bits per heavy atom. The molecule has 1 unspecified atom stereocenters. The molecule has 0 aromatic carbocycles. The van der Waals surface area contributed by atoms with Crippen LogP contribution in [0.5, 0.6) is 0 Å². The Labute approximate surface area is 109 Å². The van der Waals surface area contributed by atoms with Gasteiger partial charge in [0.25, 0.3) is 0 Å². The van der Waals surface area contributed by atoms with E-state index in [-0.39, 0.29) is 0 Å². The second-order valence-electron chi connectivity index (χ2n) is 4.49. The average Bonchev–Trinajstić information content (AvgIpc) is 2.49. The first-order valence-electron chi connectivity index (χ1n) is 5.81. The van der Waals surface area contributed by atoms with E-state index >= 15 is 0 Å². The lowest BCUT2D eigenvalue weighted by Gasteiger charge is -2.06. The van der Waals surface area contributed by atoms with Crippen molar-refractivity contribution in [3.05, 3.63) is 17.1 Å². The molecule has 1 atom stereocenters. The number of aryl methyl sites for hydroxylation is 3. The summed E-state index contributed by atoms with van der Waals surface area (Å²) >= 11 is 0. The van der Waals surface area contributed by atoms with Crippen LogP contribution in [0.3, 0.4) is 0 Å². The topological polar surface area (TPSA) is 73.8 Å². The minimum atomic E-state index is -0.814. The smallest absolute Gasteiger partial charge is 0.146 e. The van der Waals surface area contributed by atoms with Gasteiger partial charge in [-0.25, -0.2) is 9.97 Å². The summed E-state index contributed by atoms with van der Waals surface area (Å²) in [6.45, 7) is 6.57. The van der Waals surface area contributed by atoms with Gasteiger partial charge in [0.15, 0.2) is 0 Å². The van der Waals surface area contributed by atoms with Crippen LogP contribution in [0.25, 0.3) is 11.0 Å². The van der Waals surface area contributed by atoms with Crippen molar-refractivity contribution in [1.82, 2.24) is 14.5 Å². The summed E-state index contributed by atoms with van der Waals surface area (Å²) in [5.74, 6) is 1.80. The molecule has 98 valence electrons. The molecule has 2 aromatic heterocycles. The number of fused-ring (bicyclic) bond motifs is 1. The Morgan fingerprint density at radius 3 is 2.56 bits per heavy atom. The molecule has 2 N–H and O–H groups in total. The van der Waals surface area contributed by atoms with E-state index in [1.54, 1.807) is 6.26 Å². The summed E-state index contributed by atoms with van der Waals surface area (Å²) in [4.78, 5) is 8.67. The van der Waals surface area contributed by atoms with E-state index < -0.39 is 10.8 Å². The molecule has 0 radical (unpaired) electrons. The van der Waals surface area contributed by atoms with Crippen molar-refractivity contribution in [2.75, 3.05) is 17.7 Å². The van der Waals surface area contributed by atoms with Crippen LogP contribution in [0.2, 0.25) is 0 Å². The van der Waals surface area contributed by atoms with Gasteiger partial charge in [-0.05, 0) is 26.3 Å². The number of nitrogen functional groups attached to an aromatic ring is 1. The fourth-order valence-corrected chi connectivity index (χ4v) is 2.61. The maximum absolute atomic E-state index is 11.2. The zero-order valence-electron chi connectivity index (χ0n) is 11.1. The van der Waals surface area contributed by atoms with Crippen LogP contribution >= 0.6 is 0 Å². The minimum Gasteiger partial charge on any atom is -0.383 e. The fraction of sp³-hybridized carbons (Fsp3) is 0.500. The molecule has 0 aliphatic carbocycles. The molecule has 0 fully saturated rings. The third-order valence-electron chi connectivity index (χ3n) is 3.21. The standard InChI is InChI=1S/C12H18N4OS/c1-7-8(2)16(5-6-18(4)17)12-10(7)11(13)14-9(3)15-12/h5-6H2,1-4H3,(H2,13,14,15). The monoisotopic (exact) mass is 266 g/mol. The molecule has 0 aliphatic heterocycles. The highest BCUT2D eigenvalue weighted by Gasteiger charge is 2.16. The normalized spacial score (nSPS) is 13.1. The number of anilines is 1. The molecule has 0 saturated heterocycles. The van der Waals surface area contributed by atoms with Gasteiger partial charge >= 0.3 is 0 Å². The summed E-state index contributed by atoms with van der Waals surface area (Å²) in [7, 11) is -0.814. The zero-order chi connectivity index (χ0) is 13.4. The van der Waals surface area contributed by atoms with Crippen LogP contribution in [-0.4, -0.2) is 30.8 Å². The van der Waals surface area contributed by atoms with Crippen LogP contribution in [0, 0.1) is 20.8 Å². The summed E-state index contributed by atoms with van der Waals surface area (Å²) in [5, 5.41) is 0.917. The van der Waals surface area contributed by atoms with Gasteiger partial charge in [0.1, 0.15) is 17.3 Å². The highest BCUT2D eigenvalue weighted by atomic mass is 32.2. The van der Waals surface area contributed by atoms with Crippen LogP contribution in [0.4, 0.5) is 5.82 Å². The lowest BCUT2D eigenvalue weighted by atomic mass is 10.2. The van der Waals surface area contributed by atoms with Gasteiger partial charge in [-0.2, -0.15) is 0 Å². The molecular weight excluding hydrogens is 248 g/mol. The second-order valence-corrected chi connectivity index (χ2v) is 6.05. The van der Waals surface area contributed by atoms with Gasteiger partial charge in [0.05, 0.1) is 5.39 Å².